The highest BCUT2D eigenvalue weighted by atomic mass is 32.2. The largest absolute Gasteiger partial charge is 0.400 e. The average Bonchev–Trinajstić information content (AvgIpc) is 2.33. The van der Waals surface area contributed by atoms with Crippen molar-refractivity contribution < 1.29 is 5.11 Å². The summed E-state index contributed by atoms with van der Waals surface area (Å²) in [5.74, 6) is 0. The second-order valence-electron chi connectivity index (χ2n) is 4.43. The van der Waals surface area contributed by atoms with Gasteiger partial charge in [0, 0.05) is 12.0 Å². The number of aryl methyl sites for hydroxylation is 1. The zero-order chi connectivity index (χ0) is 14.1. The molecule has 1 rings (SSSR count). The number of rotatable bonds is 1. The molecule has 1 aromatic rings. The maximum Gasteiger partial charge on any atom is 0.0319 e. The van der Waals surface area contributed by atoms with Crippen LogP contribution in [0.1, 0.15) is 45.7 Å². The van der Waals surface area contributed by atoms with Gasteiger partial charge in [0.05, 0.1) is 0 Å². The van der Waals surface area contributed by atoms with Crippen LogP contribution in [0.3, 0.4) is 0 Å². The lowest BCUT2D eigenvalue weighted by Gasteiger charge is -2.20. The second kappa shape index (κ2) is 9.55. The first-order valence-electron chi connectivity index (χ1n) is 6.05. The topological polar surface area (TPSA) is 20.2 Å². The minimum absolute atomic E-state index is 0.266. The van der Waals surface area contributed by atoms with Gasteiger partial charge >= 0.3 is 0 Å². The van der Waals surface area contributed by atoms with Crippen LogP contribution in [0.4, 0.5) is 0 Å². The van der Waals surface area contributed by atoms with Crippen LogP contribution in [-0.2, 0) is 5.41 Å². The molecule has 0 aliphatic carbocycles. The molecule has 100 valence electrons. The molecule has 1 nitrogen and oxygen atoms in total. The van der Waals surface area contributed by atoms with E-state index in [1.807, 2.05) is 25.6 Å². The zero-order valence-corrected chi connectivity index (χ0v) is 13.4. The lowest BCUT2D eigenvalue weighted by molar-refractivity contribution is 0.399. The van der Waals surface area contributed by atoms with E-state index in [4.69, 9.17) is 5.11 Å². The van der Waals surface area contributed by atoms with Crippen molar-refractivity contribution in [3.63, 3.8) is 0 Å². The predicted octanol–water partition coefficient (Wildman–Crippen LogP) is 4.65. The Hall–Kier alpha value is -0.470. The molecular formula is C15H28OS. The molecule has 17 heavy (non-hydrogen) atoms. The van der Waals surface area contributed by atoms with Crippen molar-refractivity contribution in [1.82, 2.24) is 0 Å². The lowest BCUT2D eigenvalue weighted by Crippen LogP contribution is -2.11. The van der Waals surface area contributed by atoms with E-state index in [2.05, 4.69) is 52.1 Å². The van der Waals surface area contributed by atoms with Gasteiger partial charge in [-0.1, -0.05) is 46.8 Å². The van der Waals surface area contributed by atoms with Gasteiger partial charge < -0.3 is 5.11 Å². The normalized spacial score (nSPS) is 9.71. The fourth-order valence-corrected chi connectivity index (χ4v) is 1.93. The first-order chi connectivity index (χ1) is 7.95. The minimum Gasteiger partial charge on any atom is -0.400 e. The summed E-state index contributed by atoms with van der Waals surface area (Å²) < 4.78 is 0. The number of thioether (sulfide) groups is 1. The lowest BCUT2D eigenvalue weighted by atomic mass is 9.86. The van der Waals surface area contributed by atoms with Gasteiger partial charge in [-0.15, -0.1) is 11.8 Å². The molecule has 0 saturated heterocycles. The molecule has 0 spiro atoms. The third-order valence-electron chi connectivity index (χ3n) is 2.26. The molecule has 0 radical (unpaired) electrons. The van der Waals surface area contributed by atoms with E-state index in [0.717, 1.165) is 7.11 Å². The average molecular weight is 256 g/mol. The molecule has 1 aromatic carbocycles. The molecular weight excluding hydrogens is 228 g/mol. The summed E-state index contributed by atoms with van der Waals surface area (Å²) in [6.45, 7) is 12.9. The van der Waals surface area contributed by atoms with Gasteiger partial charge in [-0.05, 0) is 35.8 Å². The molecule has 2 heteroatoms. The molecule has 0 fully saturated rings. The quantitative estimate of drug-likeness (QED) is 0.738. The Labute approximate surface area is 112 Å². The van der Waals surface area contributed by atoms with E-state index in [0.29, 0.717) is 0 Å². The summed E-state index contributed by atoms with van der Waals surface area (Å²) >= 11 is 1.81. The van der Waals surface area contributed by atoms with Crippen molar-refractivity contribution in [2.24, 2.45) is 0 Å². The van der Waals surface area contributed by atoms with Crippen LogP contribution in [0.2, 0.25) is 0 Å². The molecule has 0 unspecified atom stereocenters. The molecule has 0 saturated carbocycles. The Morgan fingerprint density at radius 2 is 1.53 bits per heavy atom. The fourth-order valence-electron chi connectivity index (χ4n) is 1.34. The number of aliphatic hydroxyl groups excluding tert-OH is 1. The molecule has 1 N–H and O–H groups in total. The Morgan fingerprint density at radius 3 is 1.82 bits per heavy atom. The van der Waals surface area contributed by atoms with Gasteiger partial charge in [0.1, 0.15) is 0 Å². The molecule has 0 aliphatic rings. The third kappa shape index (κ3) is 6.75. The van der Waals surface area contributed by atoms with Gasteiger partial charge in [-0.2, -0.15) is 0 Å². The van der Waals surface area contributed by atoms with Crippen LogP contribution in [-0.4, -0.2) is 18.5 Å². The van der Waals surface area contributed by atoms with Crippen molar-refractivity contribution in [3.8, 4) is 0 Å². The van der Waals surface area contributed by atoms with E-state index in [-0.39, 0.29) is 5.41 Å². The Kier molecular flexibility index (Phi) is 10.6. The van der Waals surface area contributed by atoms with Gasteiger partial charge in [-0.3, -0.25) is 0 Å². The van der Waals surface area contributed by atoms with Crippen molar-refractivity contribution >= 4 is 11.8 Å². The Bertz CT molecular complexity index is 300. The summed E-state index contributed by atoms with van der Waals surface area (Å²) in [5.41, 5.74) is 3.07. The summed E-state index contributed by atoms with van der Waals surface area (Å²) in [6, 6.07) is 6.76. The van der Waals surface area contributed by atoms with Crippen LogP contribution in [0.5, 0.6) is 0 Å². The molecule has 0 aromatic heterocycles. The first kappa shape index (κ1) is 18.9. The first-order valence-corrected chi connectivity index (χ1v) is 7.27. The van der Waals surface area contributed by atoms with Crippen LogP contribution >= 0.6 is 11.8 Å². The number of hydrogen-bond donors (Lipinski definition) is 1. The van der Waals surface area contributed by atoms with Gasteiger partial charge in [-0.25, -0.2) is 0 Å². The van der Waals surface area contributed by atoms with Crippen LogP contribution in [0.25, 0.3) is 0 Å². The highest BCUT2D eigenvalue weighted by Gasteiger charge is 2.13. The summed E-state index contributed by atoms with van der Waals surface area (Å²) in [4.78, 5) is 1.38. The Balaban J connectivity index is 0. The van der Waals surface area contributed by atoms with Gasteiger partial charge in [0.2, 0.25) is 0 Å². The van der Waals surface area contributed by atoms with Crippen molar-refractivity contribution in [2.75, 3.05) is 13.4 Å². The van der Waals surface area contributed by atoms with Crippen LogP contribution in [0, 0.1) is 6.92 Å². The number of hydrogen-bond acceptors (Lipinski definition) is 2. The highest BCUT2D eigenvalue weighted by Crippen LogP contribution is 2.27. The third-order valence-corrected chi connectivity index (χ3v) is 3.16. The van der Waals surface area contributed by atoms with E-state index in [9.17, 15) is 0 Å². The van der Waals surface area contributed by atoms with Crippen molar-refractivity contribution in [3.05, 3.63) is 29.3 Å². The van der Waals surface area contributed by atoms with Crippen molar-refractivity contribution in [2.45, 2.75) is 51.9 Å². The van der Waals surface area contributed by atoms with Gasteiger partial charge in [0.15, 0.2) is 0 Å². The Morgan fingerprint density at radius 1 is 1.06 bits per heavy atom. The standard InChI is InChI=1S/C12H18S.C2H6.CH4O/c1-9-8-10(12(2,3)4)6-7-11(9)13-5;2*1-2/h6-8H,1-5H3;1-2H3;2H,1H3. The maximum atomic E-state index is 7.00. The van der Waals surface area contributed by atoms with E-state index >= 15 is 0 Å². The van der Waals surface area contributed by atoms with Crippen LogP contribution in [0.15, 0.2) is 23.1 Å². The molecule has 0 bridgehead atoms. The monoisotopic (exact) mass is 256 g/mol. The van der Waals surface area contributed by atoms with E-state index in [1.165, 1.54) is 16.0 Å². The van der Waals surface area contributed by atoms with Crippen molar-refractivity contribution in [1.29, 1.82) is 0 Å². The minimum atomic E-state index is 0.266. The fraction of sp³-hybridized carbons (Fsp3) is 0.600. The molecule has 0 atom stereocenters. The summed E-state index contributed by atoms with van der Waals surface area (Å²) in [7, 11) is 1.00. The summed E-state index contributed by atoms with van der Waals surface area (Å²) in [6.07, 6.45) is 2.12. The number of benzene rings is 1. The van der Waals surface area contributed by atoms with Gasteiger partial charge in [0.25, 0.3) is 0 Å². The SMILES string of the molecule is CC.CO.CSc1ccc(C(C)(C)C)cc1C. The maximum absolute atomic E-state index is 7.00. The second-order valence-corrected chi connectivity index (χ2v) is 5.28. The number of aliphatic hydroxyl groups is 1. The van der Waals surface area contributed by atoms with Crippen LogP contribution < -0.4 is 0 Å². The molecule has 0 aliphatic heterocycles. The molecule has 0 heterocycles. The van der Waals surface area contributed by atoms with E-state index < -0.39 is 0 Å². The molecule has 0 amide bonds. The summed E-state index contributed by atoms with van der Waals surface area (Å²) in [5, 5.41) is 7.00. The smallest absolute Gasteiger partial charge is 0.0319 e. The zero-order valence-electron chi connectivity index (χ0n) is 12.6. The van der Waals surface area contributed by atoms with E-state index in [1.54, 1.807) is 0 Å². The highest BCUT2D eigenvalue weighted by molar-refractivity contribution is 7.98. The predicted molar refractivity (Wildman–Crippen MR) is 81.2 cm³/mol.